The van der Waals surface area contributed by atoms with Crippen LogP contribution in [0.5, 0.6) is 0 Å². The van der Waals surface area contributed by atoms with Crippen molar-refractivity contribution in [2.75, 3.05) is 29.9 Å². The van der Waals surface area contributed by atoms with Crippen molar-refractivity contribution in [1.29, 1.82) is 0 Å². The fourth-order valence-electron chi connectivity index (χ4n) is 3.87. The normalized spacial score (nSPS) is 14.8. The van der Waals surface area contributed by atoms with Gasteiger partial charge in [0.05, 0.1) is 11.1 Å². The first kappa shape index (κ1) is 20.1. The topological polar surface area (TPSA) is 123 Å². The SMILES string of the molecule is O=C(Nc1cc(-c2nc3cccc(F)c3[nH]2)[nH]n1)c1ccc(N2CCC(CO)CC2)nc1. The van der Waals surface area contributed by atoms with Gasteiger partial charge in [-0.2, -0.15) is 5.10 Å². The molecule has 10 heteroatoms. The van der Waals surface area contributed by atoms with Crippen LogP contribution in [-0.4, -0.2) is 55.9 Å². The highest BCUT2D eigenvalue weighted by Gasteiger charge is 2.20. The van der Waals surface area contributed by atoms with Gasteiger partial charge in [0.2, 0.25) is 0 Å². The zero-order chi connectivity index (χ0) is 22.1. The van der Waals surface area contributed by atoms with Crippen LogP contribution < -0.4 is 10.2 Å². The van der Waals surface area contributed by atoms with E-state index in [-0.39, 0.29) is 18.3 Å². The fourth-order valence-corrected chi connectivity index (χ4v) is 3.87. The molecule has 0 bridgehead atoms. The second-order valence-corrected chi connectivity index (χ2v) is 7.86. The molecule has 5 rings (SSSR count). The summed E-state index contributed by atoms with van der Waals surface area (Å²) >= 11 is 0. The highest BCUT2D eigenvalue weighted by atomic mass is 19.1. The second-order valence-electron chi connectivity index (χ2n) is 7.86. The van der Waals surface area contributed by atoms with Crippen LogP contribution in [0.15, 0.2) is 42.6 Å². The molecule has 32 heavy (non-hydrogen) atoms. The van der Waals surface area contributed by atoms with Gasteiger partial charge in [-0.25, -0.2) is 14.4 Å². The van der Waals surface area contributed by atoms with Crippen LogP contribution in [0.25, 0.3) is 22.6 Å². The van der Waals surface area contributed by atoms with Crippen LogP contribution in [0.3, 0.4) is 0 Å². The molecule has 1 aliphatic rings. The molecule has 3 aromatic heterocycles. The lowest BCUT2D eigenvalue weighted by Crippen LogP contribution is -2.35. The highest BCUT2D eigenvalue weighted by Crippen LogP contribution is 2.24. The number of aliphatic hydroxyl groups excluding tert-OH is 1. The van der Waals surface area contributed by atoms with E-state index >= 15 is 0 Å². The average Bonchev–Trinajstić information content (AvgIpc) is 3.47. The number of fused-ring (bicyclic) bond motifs is 1. The third-order valence-electron chi connectivity index (χ3n) is 5.75. The smallest absolute Gasteiger partial charge is 0.258 e. The first-order chi connectivity index (χ1) is 15.6. The Morgan fingerprint density at radius 3 is 2.81 bits per heavy atom. The summed E-state index contributed by atoms with van der Waals surface area (Å²) in [4.78, 5) is 26.5. The molecule has 0 unspecified atom stereocenters. The highest BCUT2D eigenvalue weighted by molar-refractivity contribution is 6.03. The van der Waals surface area contributed by atoms with E-state index in [2.05, 4.69) is 35.4 Å². The number of para-hydroxylation sites is 1. The van der Waals surface area contributed by atoms with Gasteiger partial charge in [0.1, 0.15) is 22.8 Å². The Morgan fingerprint density at radius 1 is 1.25 bits per heavy atom. The van der Waals surface area contributed by atoms with Gasteiger partial charge in [0, 0.05) is 32.0 Å². The van der Waals surface area contributed by atoms with Gasteiger partial charge in [-0.05, 0) is 43.0 Å². The number of carbonyl (C=O) groups excluding carboxylic acids is 1. The van der Waals surface area contributed by atoms with Crippen LogP contribution >= 0.6 is 0 Å². The van der Waals surface area contributed by atoms with Crippen molar-refractivity contribution in [3.63, 3.8) is 0 Å². The van der Waals surface area contributed by atoms with E-state index in [9.17, 15) is 14.3 Å². The molecule has 0 saturated carbocycles. The van der Waals surface area contributed by atoms with Gasteiger partial charge >= 0.3 is 0 Å². The van der Waals surface area contributed by atoms with Gasteiger partial charge in [-0.1, -0.05) is 6.07 Å². The number of nitrogens with one attached hydrogen (secondary N) is 3. The first-order valence-corrected chi connectivity index (χ1v) is 10.4. The van der Waals surface area contributed by atoms with E-state index < -0.39 is 0 Å². The van der Waals surface area contributed by atoms with Gasteiger partial charge in [-0.3, -0.25) is 9.89 Å². The Bertz CT molecular complexity index is 1240. The van der Waals surface area contributed by atoms with Crippen molar-refractivity contribution in [1.82, 2.24) is 25.1 Å². The number of nitrogens with zero attached hydrogens (tertiary/aromatic N) is 4. The number of rotatable bonds is 5. The van der Waals surface area contributed by atoms with Gasteiger partial charge < -0.3 is 20.3 Å². The number of piperidine rings is 1. The molecule has 0 aliphatic carbocycles. The molecule has 1 fully saturated rings. The molecule has 4 aromatic rings. The van der Waals surface area contributed by atoms with Gasteiger partial charge in [0.25, 0.3) is 5.91 Å². The lowest BCUT2D eigenvalue weighted by atomic mass is 9.98. The zero-order valence-electron chi connectivity index (χ0n) is 17.2. The third-order valence-corrected chi connectivity index (χ3v) is 5.75. The maximum Gasteiger partial charge on any atom is 0.258 e. The summed E-state index contributed by atoms with van der Waals surface area (Å²) in [6.07, 6.45) is 3.40. The summed E-state index contributed by atoms with van der Waals surface area (Å²) in [5, 5.41) is 18.9. The van der Waals surface area contributed by atoms with E-state index in [1.807, 2.05) is 6.07 Å². The van der Waals surface area contributed by atoms with E-state index in [4.69, 9.17) is 0 Å². The number of pyridine rings is 1. The molecule has 1 saturated heterocycles. The number of anilines is 2. The molecule has 9 nitrogen and oxygen atoms in total. The number of aliphatic hydroxyl groups is 1. The number of aromatic amines is 2. The van der Waals surface area contributed by atoms with Crippen LogP contribution in [-0.2, 0) is 0 Å². The molecule has 1 aromatic carbocycles. The number of H-pyrrole nitrogens is 2. The van der Waals surface area contributed by atoms with Gasteiger partial charge in [-0.15, -0.1) is 0 Å². The fraction of sp³-hybridized carbons (Fsp3) is 0.273. The first-order valence-electron chi connectivity index (χ1n) is 10.4. The predicted molar refractivity (Wildman–Crippen MR) is 118 cm³/mol. The Balaban J connectivity index is 1.25. The number of amides is 1. The van der Waals surface area contributed by atoms with Crippen molar-refractivity contribution < 1.29 is 14.3 Å². The molecule has 0 atom stereocenters. The minimum Gasteiger partial charge on any atom is -0.396 e. The average molecular weight is 435 g/mol. The van der Waals surface area contributed by atoms with E-state index in [0.717, 1.165) is 31.7 Å². The minimum atomic E-state index is -0.386. The summed E-state index contributed by atoms with van der Waals surface area (Å²) in [5.41, 5.74) is 1.76. The Kier molecular flexibility index (Phi) is 5.28. The maximum absolute atomic E-state index is 13.9. The summed E-state index contributed by atoms with van der Waals surface area (Å²) in [6, 6.07) is 9.85. The Labute approximate surface area is 182 Å². The van der Waals surface area contributed by atoms with Crippen molar-refractivity contribution >= 4 is 28.6 Å². The number of hydrogen-bond donors (Lipinski definition) is 4. The van der Waals surface area contributed by atoms with Crippen LogP contribution in [0.2, 0.25) is 0 Å². The number of carbonyl (C=O) groups is 1. The summed E-state index contributed by atoms with van der Waals surface area (Å²) < 4.78 is 13.9. The quantitative estimate of drug-likeness (QED) is 0.382. The van der Waals surface area contributed by atoms with E-state index in [1.54, 1.807) is 30.5 Å². The molecule has 4 heterocycles. The second kappa shape index (κ2) is 8.39. The minimum absolute atomic E-state index is 0.225. The number of halogens is 1. The van der Waals surface area contributed by atoms with E-state index in [0.29, 0.717) is 39.9 Å². The van der Waals surface area contributed by atoms with Crippen molar-refractivity contribution in [3.05, 3.63) is 54.0 Å². The molecule has 1 amide bonds. The lowest BCUT2D eigenvalue weighted by molar-refractivity contribution is 0.102. The lowest BCUT2D eigenvalue weighted by Gasteiger charge is -2.31. The van der Waals surface area contributed by atoms with Crippen LogP contribution in [0.1, 0.15) is 23.2 Å². The van der Waals surface area contributed by atoms with Crippen molar-refractivity contribution in [3.8, 4) is 11.5 Å². The van der Waals surface area contributed by atoms with E-state index in [1.165, 1.54) is 6.07 Å². The molecule has 4 N–H and O–H groups in total. The summed E-state index contributed by atoms with van der Waals surface area (Å²) in [5.74, 6) is 1.20. The summed E-state index contributed by atoms with van der Waals surface area (Å²) in [6.45, 7) is 1.90. The molecule has 164 valence electrons. The Hall–Kier alpha value is -3.79. The predicted octanol–water partition coefficient (Wildman–Crippen LogP) is 2.95. The maximum atomic E-state index is 13.9. The zero-order valence-corrected chi connectivity index (χ0v) is 17.2. The largest absolute Gasteiger partial charge is 0.396 e. The standard InChI is InChI=1S/C22H22FN7O2/c23-15-2-1-3-16-20(15)27-21(25-16)17-10-18(29-28-17)26-22(32)14-4-5-19(24-11-14)30-8-6-13(12-31)7-9-30/h1-5,10-11,13,31H,6-9,12H2,(H,25,27)(H2,26,28,29,32). The van der Waals surface area contributed by atoms with Gasteiger partial charge in [0.15, 0.2) is 11.6 Å². The van der Waals surface area contributed by atoms with Crippen LogP contribution in [0.4, 0.5) is 16.0 Å². The molecule has 0 radical (unpaired) electrons. The number of hydrogen-bond acceptors (Lipinski definition) is 6. The number of aromatic nitrogens is 5. The van der Waals surface area contributed by atoms with Crippen LogP contribution in [0, 0.1) is 11.7 Å². The van der Waals surface area contributed by atoms with Crippen molar-refractivity contribution in [2.45, 2.75) is 12.8 Å². The molecular weight excluding hydrogens is 413 g/mol. The number of imidazole rings is 1. The van der Waals surface area contributed by atoms with Crippen molar-refractivity contribution in [2.24, 2.45) is 5.92 Å². The molecule has 1 aliphatic heterocycles. The monoisotopic (exact) mass is 435 g/mol. The number of benzene rings is 1. The Morgan fingerprint density at radius 2 is 2.09 bits per heavy atom. The summed E-state index contributed by atoms with van der Waals surface area (Å²) in [7, 11) is 0. The third kappa shape index (κ3) is 3.92. The molecular formula is C22H22FN7O2. The molecule has 0 spiro atoms.